The standard InChI is InChI=1S/C17H24N2O3S/c1-23(21,22)19-11-5-9-17(14-19)10-8-16(20)18(13-17)12-15-6-3-2-4-7-15/h2-4,6-7H,5,8-14H2,1H3/t17-/m0/s1. The second kappa shape index (κ2) is 6.24. The molecule has 1 amide bonds. The van der Waals surface area contributed by atoms with Crippen molar-refractivity contribution in [1.29, 1.82) is 0 Å². The Labute approximate surface area is 138 Å². The minimum absolute atomic E-state index is 0.0793. The van der Waals surface area contributed by atoms with E-state index in [1.54, 1.807) is 4.31 Å². The molecule has 0 saturated carbocycles. The molecule has 0 aromatic heterocycles. The van der Waals surface area contributed by atoms with E-state index in [-0.39, 0.29) is 11.3 Å². The summed E-state index contributed by atoms with van der Waals surface area (Å²) in [6.45, 7) is 2.42. The molecule has 2 saturated heterocycles. The molecule has 126 valence electrons. The van der Waals surface area contributed by atoms with Gasteiger partial charge in [-0.1, -0.05) is 30.3 Å². The van der Waals surface area contributed by atoms with Crippen LogP contribution in [0.15, 0.2) is 30.3 Å². The maximum Gasteiger partial charge on any atom is 0.222 e. The summed E-state index contributed by atoms with van der Waals surface area (Å²) in [6, 6.07) is 9.97. The number of benzene rings is 1. The van der Waals surface area contributed by atoms with Gasteiger partial charge in [0, 0.05) is 38.0 Å². The normalized spacial score (nSPS) is 26.7. The lowest BCUT2D eigenvalue weighted by Gasteiger charge is -2.47. The summed E-state index contributed by atoms with van der Waals surface area (Å²) in [5, 5.41) is 0. The molecular weight excluding hydrogens is 312 g/mol. The highest BCUT2D eigenvalue weighted by molar-refractivity contribution is 7.88. The molecule has 0 radical (unpaired) electrons. The van der Waals surface area contributed by atoms with Crippen molar-refractivity contribution < 1.29 is 13.2 Å². The van der Waals surface area contributed by atoms with Crippen molar-refractivity contribution in [3.8, 4) is 0 Å². The van der Waals surface area contributed by atoms with Crippen LogP contribution < -0.4 is 0 Å². The molecule has 1 atom stereocenters. The van der Waals surface area contributed by atoms with Crippen LogP contribution >= 0.6 is 0 Å². The monoisotopic (exact) mass is 336 g/mol. The van der Waals surface area contributed by atoms with Crippen LogP contribution in [0, 0.1) is 5.41 Å². The van der Waals surface area contributed by atoms with Gasteiger partial charge in [-0.25, -0.2) is 12.7 Å². The quantitative estimate of drug-likeness (QED) is 0.846. The molecule has 0 aliphatic carbocycles. The SMILES string of the molecule is CS(=O)(=O)N1CCC[C@@]2(CCC(=O)N(Cc3ccccc3)C2)C1. The van der Waals surface area contributed by atoms with E-state index in [0.29, 0.717) is 32.6 Å². The Morgan fingerprint density at radius 2 is 1.87 bits per heavy atom. The van der Waals surface area contributed by atoms with E-state index in [4.69, 9.17) is 0 Å². The first kappa shape index (κ1) is 16.5. The Hall–Kier alpha value is -1.40. The van der Waals surface area contributed by atoms with Crippen molar-refractivity contribution in [1.82, 2.24) is 9.21 Å². The van der Waals surface area contributed by atoms with Crippen molar-refractivity contribution in [2.75, 3.05) is 25.9 Å². The van der Waals surface area contributed by atoms with Gasteiger partial charge in [-0.15, -0.1) is 0 Å². The van der Waals surface area contributed by atoms with E-state index >= 15 is 0 Å². The Bertz CT molecular complexity index is 674. The highest BCUT2D eigenvalue weighted by Gasteiger charge is 2.43. The van der Waals surface area contributed by atoms with E-state index in [0.717, 1.165) is 24.8 Å². The van der Waals surface area contributed by atoms with Crippen molar-refractivity contribution in [3.05, 3.63) is 35.9 Å². The first-order valence-electron chi connectivity index (χ1n) is 8.15. The molecule has 0 bridgehead atoms. The third-order valence-corrected chi connectivity index (χ3v) is 6.31. The minimum Gasteiger partial charge on any atom is -0.338 e. The van der Waals surface area contributed by atoms with E-state index in [2.05, 4.69) is 0 Å². The van der Waals surface area contributed by atoms with Crippen LogP contribution in [0.1, 0.15) is 31.2 Å². The summed E-state index contributed by atoms with van der Waals surface area (Å²) in [5.74, 6) is 0.177. The van der Waals surface area contributed by atoms with Crippen LogP contribution in [0.4, 0.5) is 0 Å². The maximum absolute atomic E-state index is 12.3. The highest BCUT2D eigenvalue weighted by Crippen LogP contribution is 2.39. The summed E-state index contributed by atoms with van der Waals surface area (Å²) in [7, 11) is -3.16. The number of carbonyl (C=O) groups is 1. The van der Waals surface area contributed by atoms with Gasteiger partial charge in [0.1, 0.15) is 0 Å². The van der Waals surface area contributed by atoms with Gasteiger partial charge in [0.05, 0.1) is 6.26 Å². The topological polar surface area (TPSA) is 57.7 Å². The Morgan fingerprint density at radius 3 is 2.57 bits per heavy atom. The van der Waals surface area contributed by atoms with Crippen molar-refractivity contribution in [3.63, 3.8) is 0 Å². The molecule has 2 aliphatic heterocycles. The van der Waals surface area contributed by atoms with E-state index in [1.807, 2.05) is 35.2 Å². The van der Waals surface area contributed by atoms with Gasteiger partial charge in [-0.3, -0.25) is 4.79 Å². The number of rotatable bonds is 3. The van der Waals surface area contributed by atoms with Crippen molar-refractivity contribution >= 4 is 15.9 Å². The molecule has 23 heavy (non-hydrogen) atoms. The van der Waals surface area contributed by atoms with E-state index in [9.17, 15) is 13.2 Å². The maximum atomic E-state index is 12.3. The molecule has 3 rings (SSSR count). The summed E-state index contributed by atoms with van der Waals surface area (Å²) < 4.78 is 25.4. The molecule has 0 unspecified atom stereocenters. The first-order chi connectivity index (χ1) is 10.9. The number of carbonyl (C=O) groups excluding carboxylic acids is 1. The van der Waals surface area contributed by atoms with Gasteiger partial charge in [-0.2, -0.15) is 0 Å². The highest BCUT2D eigenvalue weighted by atomic mass is 32.2. The third kappa shape index (κ3) is 3.75. The number of amides is 1. The lowest BCUT2D eigenvalue weighted by Crippen LogP contribution is -2.54. The molecule has 5 nitrogen and oxygen atoms in total. The zero-order valence-corrected chi connectivity index (χ0v) is 14.4. The van der Waals surface area contributed by atoms with Gasteiger partial charge in [0.25, 0.3) is 0 Å². The molecule has 2 heterocycles. The number of likely N-dealkylation sites (tertiary alicyclic amines) is 1. The number of nitrogens with zero attached hydrogens (tertiary/aromatic N) is 2. The van der Waals surface area contributed by atoms with Gasteiger partial charge in [0.2, 0.25) is 15.9 Å². The second-order valence-corrected chi connectivity index (χ2v) is 8.92. The number of sulfonamides is 1. The van der Waals surface area contributed by atoms with Gasteiger partial charge in [-0.05, 0) is 24.8 Å². The Morgan fingerprint density at radius 1 is 1.13 bits per heavy atom. The zero-order chi connectivity index (χ0) is 16.5. The fourth-order valence-corrected chi connectivity index (χ4v) is 4.80. The summed E-state index contributed by atoms with van der Waals surface area (Å²) in [4.78, 5) is 14.2. The van der Waals surface area contributed by atoms with Crippen molar-refractivity contribution in [2.45, 2.75) is 32.2 Å². The van der Waals surface area contributed by atoms with Gasteiger partial charge in [0.15, 0.2) is 0 Å². The van der Waals surface area contributed by atoms with E-state index < -0.39 is 10.0 Å². The average molecular weight is 336 g/mol. The molecule has 6 heteroatoms. The fraction of sp³-hybridized carbons (Fsp3) is 0.588. The molecule has 0 N–H and O–H groups in total. The van der Waals surface area contributed by atoms with Crippen LogP contribution in [0.5, 0.6) is 0 Å². The zero-order valence-electron chi connectivity index (χ0n) is 13.6. The number of hydrogen-bond acceptors (Lipinski definition) is 3. The van der Waals surface area contributed by atoms with Crippen LogP contribution in [-0.2, 0) is 21.4 Å². The predicted molar refractivity (Wildman–Crippen MR) is 89.2 cm³/mol. The molecule has 1 aromatic rings. The van der Waals surface area contributed by atoms with Crippen LogP contribution in [0.3, 0.4) is 0 Å². The minimum atomic E-state index is -3.16. The molecular formula is C17H24N2O3S. The van der Waals surface area contributed by atoms with Gasteiger partial charge < -0.3 is 4.90 Å². The molecule has 2 aliphatic rings. The van der Waals surface area contributed by atoms with Crippen LogP contribution in [0.25, 0.3) is 0 Å². The molecule has 1 spiro atoms. The summed E-state index contributed by atoms with van der Waals surface area (Å²) in [6.07, 6.45) is 4.47. The Balaban J connectivity index is 1.75. The average Bonchev–Trinajstić information content (AvgIpc) is 2.52. The lowest BCUT2D eigenvalue weighted by molar-refractivity contribution is -0.139. The summed E-state index contributed by atoms with van der Waals surface area (Å²) >= 11 is 0. The lowest BCUT2D eigenvalue weighted by atomic mass is 9.74. The van der Waals surface area contributed by atoms with Crippen LogP contribution in [0.2, 0.25) is 0 Å². The van der Waals surface area contributed by atoms with Crippen LogP contribution in [-0.4, -0.2) is 49.4 Å². The number of hydrogen-bond donors (Lipinski definition) is 0. The number of piperidine rings is 2. The largest absolute Gasteiger partial charge is 0.338 e. The van der Waals surface area contributed by atoms with Gasteiger partial charge >= 0.3 is 0 Å². The van der Waals surface area contributed by atoms with Crippen molar-refractivity contribution in [2.24, 2.45) is 5.41 Å². The first-order valence-corrected chi connectivity index (χ1v) is 10.00. The molecule has 1 aromatic carbocycles. The second-order valence-electron chi connectivity index (χ2n) is 6.94. The third-order valence-electron chi connectivity index (χ3n) is 5.06. The fourth-order valence-electron chi connectivity index (χ4n) is 3.83. The summed E-state index contributed by atoms with van der Waals surface area (Å²) in [5.41, 5.74) is 1.04. The van der Waals surface area contributed by atoms with E-state index in [1.165, 1.54) is 6.26 Å². The predicted octanol–water partition coefficient (Wildman–Crippen LogP) is 1.85. The smallest absolute Gasteiger partial charge is 0.222 e. The Kier molecular flexibility index (Phi) is 4.47. The molecule has 2 fully saturated rings.